The van der Waals surface area contributed by atoms with Crippen molar-refractivity contribution in [3.8, 4) is 23.3 Å². The number of carboxylic acid groups (broad SMARTS) is 1. The first kappa shape index (κ1) is 22.9. The molecule has 34 heavy (non-hydrogen) atoms. The van der Waals surface area contributed by atoms with E-state index in [-0.39, 0.29) is 5.57 Å². The molecule has 0 spiro atoms. The summed E-state index contributed by atoms with van der Waals surface area (Å²) in [5.74, 6) is 0.832. The van der Waals surface area contributed by atoms with Crippen LogP contribution in [0, 0.1) is 11.3 Å². The minimum Gasteiger partial charge on any atom is -0.494 e. The smallest absolute Gasteiger partial charge is 0.346 e. The fraction of sp³-hybridized carbons (Fsp3) is 0.214. The standard InChI is InChI=1S/C28H26N2O4/c1-2-3-4-7-16-33-23-13-11-22(12-14-23)30-24-8-5-6-9-26(24)34-27-18-20(10-15-25(27)30)17-21(19-29)28(31)32/h5-6,8-15,17-18H,2-4,7,16H2,1H3,(H,31,32)/b21-17-. The number of ether oxygens (including phenoxy) is 2. The van der Waals surface area contributed by atoms with Gasteiger partial charge in [-0.25, -0.2) is 4.79 Å². The van der Waals surface area contributed by atoms with E-state index in [1.807, 2.05) is 54.6 Å². The van der Waals surface area contributed by atoms with Gasteiger partial charge in [-0.3, -0.25) is 0 Å². The lowest BCUT2D eigenvalue weighted by Gasteiger charge is -2.33. The Morgan fingerprint density at radius 2 is 1.79 bits per heavy atom. The molecule has 1 aliphatic heterocycles. The van der Waals surface area contributed by atoms with E-state index in [0.29, 0.717) is 23.7 Å². The Morgan fingerprint density at radius 3 is 2.53 bits per heavy atom. The van der Waals surface area contributed by atoms with Crippen LogP contribution in [0.2, 0.25) is 0 Å². The topological polar surface area (TPSA) is 82.8 Å². The number of hydrogen-bond acceptors (Lipinski definition) is 5. The zero-order chi connectivity index (χ0) is 23.9. The molecule has 0 bridgehead atoms. The summed E-state index contributed by atoms with van der Waals surface area (Å²) >= 11 is 0. The quantitative estimate of drug-likeness (QED) is 0.163. The Labute approximate surface area is 199 Å². The van der Waals surface area contributed by atoms with Crippen molar-refractivity contribution in [3.63, 3.8) is 0 Å². The number of carbonyl (C=O) groups is 1. The first-order valence-electron chi connectivity index (χ1n) is 11.4. The number of aliphatic carboxylic acids is 1. The van der Waals surface area contributed by atoms with Gasteiger partial charge in [0.25, 0.3) is 0 Å². The molecule has 1 aliphatic rings. The third kappa shape index (κ3) is 5.05. The molecule has 0 unspecified atom stereocenters. The van der Waals surface area contributed by atoms with Crippen LogP contribution < -0.4 is 14.4 Å². The summed E-state index contributed by atoms with van der Waals surface area (Å²) in [7, 11) is 0. The molecule has 0 fully saturated rings. The Balaban J connectivity index is 1.63. The third-order valence-corrected chi connectivity index (χ3v) is 5.57. The number of benzene rings is 3. The van der Waals surface area contributed by atoms with E-state index >= 15 is 0 Å². The van der Waals surface area contributed by atoms with Crippen molar-refractivity contribution < 1.29 is 19.4 Å². The maximum Gasteiger partial charge on any atom is 0.346 e. The summed E-state index contributed by atoms with van der Waals surface area (Å²) in [6.07, 6.45) is 5.99. The lowest BCUT2D eigenvalue weighted by Crippen LogP contribution is -2.15. The molecule has 6 heteroatoms. The average Bonchev–Trinajstić information content (AvgIpc) is 2.86. The highest BCUT2D eigenvalue weighted by atomic mass is 16.5. The van der Waals surface area contributed by atoms with Crippen LogP contribution in [0.5, 0.6) is 17.2 Å². The maximum atomic E-state index is 11.2. The number of fused-ring (bicyclic) bond motifs is 2. The van der Waals surface area contributed by atoms with E-state index in [4.69, 9.17) is 19.8 Å². The summed E-state index contributed by atoms with van der Waals surface area (Å²) in [4.78, 5) is 13.3. The van der Waals surface area contributed by atoms with Gasteiger partial charge >= 0.3 is 5.97 Å². The van der Waals surface area contributed by atoms with Crippen molar-refractivity contribution in [1.82, 2.24) is 0 Å². The number of carboxylic acids is 1. The van der Waals surface area contributed by atoms with E-state index in [9.17, 15) is 4.79 Å². The fourth-order valence-electron chi connectivity index (χ4n) is 3.86. The summed E-state index contributed by atoms with van der Waals surface area (Å²) in [5.41, 5.74) is 2.90. The van der Waals surface area contributed by atoms with E-state index in [0.717, 1.165) is 29.2 Å². The van der Waals surface area contributed by atoms with Gasteiger partial charge in [0, 0.05) is 5.69 Å². The lowest BCUT2D eigenvalue weighted by molar-refractivity contribution is -0.132. The molecule has 3 aromatic rings. The Morgan fingerprint density at radius 1 is 1.03 bits per heavy atom. The molecule has 6 nitrogen and oxygen atoms in total. The van der Waals surface area contributed by atoms with Crippen LogP contribution in [0.1, 0.15) is 38.2 Å². The van der Waals surface area contributed by atoms with Gasteiger partial charge in [-0.1, -0.05) is 44.4 Å². The molecule has 0 saturated heterocycles. The van der Waals surface area contributed by atoms with Crippen LogP contribution in [0.15, 0.2) is 72.3 Å². The maximum absolute atomic E-state index is 11.2. The fourth-order valence-corrected chi connectivity index (χ4v) is 3.86. The van der Waals surface area contributed by atoms with Gasteiger partial charge in [0.05, 0.1) is 18.0 Å². The highest BCUT2D eigenvalue weighted by Crippen LogP contribution is 2.50. The Hall–Kier alpha value is -4.24. The number of anilines is 3. The van der Waals surface area contributed by atoms with Gasteiger partial charge < -0.3 is 19.5 Å². The molecular weight excluding hydrogens is 428 g/mol. The molecule has 0 aliphatic carbocycles. The first-order chi connectivity index (χ1) is 16.6. The van der Waals surface area contributed by atoms with E-state index in [1.165, 1.54) is 25.3 Å². The summed E-state index contributed by atoms with van der Waals surface area (Å²) < 4.78 is 12.0. The highest BCUT2D eigenvalue weighted by molar-refractivity contribution is 5.97. The average molecular weight is 455 g/mol. The number of hydrogen-bond donors (Lipinski definition) is 1. The van der Waals surface area contributed by atoms with Crippen molar-refractivity contribution in [2.24, 2.45) is 0 Å². The van der Waals surface area contributed by atoms with Crippen LogP contribution >= 0.6 is 0 Å². The summed E-state index contributed by atoms with van der Waals surface area (Å²) in [6, 6.07) is 22.8. The minimum absolute atomic E-state index is 0.335. The Bertz CT molecular complexity index is 1240. The lowest BCUT2D eigenvalue weighted by atomic mass is 10.1. The van der Waals surface area contributed by atoms with E-state index in [1.54, 1.807) is 18.2 Å². The second-order valence-corrected chi connectivity index (χ2v) is 8.01. The molecule has 0 amide bonds. The van der Waals surface area contributed by atoms with E-state index < -0.39 is 5.97 Å². The second-order valence-electron chi connectivity index (χ2n) is 8.01. The largest absolute Gasteiger partial charge is 0.494 e. The number of rotatable bonds is 9. The van der Waals surface area contributed by atoms with Crippen molar-refractivity contribution >= 4 is 29.1 Å². The van der Waals surface area contributed by atoms with Crippen molar-refractivity contribution in [2.45, 2.75) is 32.6 Å². The van der Waals surface area contributed by atoms with Crippen LogP contribution in [-0.2, 0) is 4.79 Å². The molecule has 4 rings (SSSR count). The number of nitriles is 1. The predicted octanol–water partition coefficient (Wildman–Crippen LogP) is 7.21. The van der Waals surface area contributed by atoms with Gasteiger partial charge in [-0.05, 0) is 66.6 Å². The van der Waals surface area contributed by atoms with Gasteiger partial charge in [-0.2, -0.15) is 5.26 Å². The number of para-hydroxylation sites is 2. The van der Waals surface area contributed by atoms with Crippen molar-refractivity contribution in [1.29, 1.82) is 5.26 Å². The molecule has 1 N–H and O–H groups in total. The van der Waals surface area contributed by atoms with Crippen molar-refractivity contribution in [2.75, 3.05) is 11.5 Å². The Kier molecular flexibility index (Phi) is 7.14. The number of unbranched alkanes of at least 4 members (excludes halogenated alkanes) is 3. The zero-order valence-electron chi connectivity index (χ0n) is 19.0. The molecule has 0 saturated carbocycles. The third-order valence-electron chi connectivity index (χ3n) is 5.57. The summed E-state index contributed by atoms with van der Waals surface area (Å²) in [6.45, 7) is 2.90. The van der Waals surface area contributed by atoms with Crippen LogP contribution in [0.25, 0.3) is 6.08 Å². The molecule has 0 aromatic heterocycles. The molecule has 0 atom stereocenters. The van der Waals surface area contributed by atoms with Crippen molar-refractivity contribution in [3.05, 3.63) is 77.9 Å². The zero-order valence-corrected chi connectivity index (χ0v) is 19.0. The predicted molar refractivity (Wildman–Crippen MR) is 132 cm³/mol. The van der Waals surface area contributed by atoms with Crippen LogP contribution in [-0.4, -0.2) is 17.7 Å². The molecule has 3 aromatic carbocycles. The SMILES string of the molecule is CCCCCCOc1ccc(N2c3ccccc3Oc3cc(/C=C(/C#N)C(=O)O)ccc32)cc1. The minimum atomic E-state index is -1.26. The van der Waals surface area contributed by atoms with E-state index in [2.05, 4.69) is 11.8 Å². The number of nitrogens with zero attached hydrogens (tertiary/aromatic N) is 2. The monoisotopic (exact) mass is 454 g/mol. The van der Waals surface area contributed by atoms with Gasteiger partial charge in [-0.15, -0.1) is 0 Å². The first-order valence-corrected chi connectivity index (χ1v) is 11.4. The van der Waals surface area contributed by atoms with Crippen LogP contribution in [0.3, 0.4) is 0 Å². The normalized spacial score (nSPS) is 12.2. The molecule has 1 heterocycles. The molecule has 0 radical (unpaired) electrons. The van der Waals surface area contributed by atoms with Gasteiger partial charge in [0.1, 0.15) is 17.4 Å². The summed E-state index contributed by atoms with van der Waals surface area (Å²) in [5, 5.41) is 18.3. The van der Waals surface area contributed by atoms with Crippen LogP contribution in [0.4, 0.5) is 17.1 Å². The highest BCUT2D eigenvalue weighted by Gasteiger charge is 2.25. The second kappa shape index (κ2) is 10.6. The molecule has 172 valence electrons. The van der Waals surface area contributed by atoms with Gasteiger partial charge in [0.15, 0.2) is 11.5 Å². The molecular formula is C28H26N2O4. The van der Waals surface area contributed by atoms with Gasteiger partial charge in [0.2, 0.25) is 0 Å².